The Labute approximate surface area is 178 Å². The van der Waals surface area contributed by atoms with Gasteiger partial charge in [-0.05, 0) is 45.0 Å². The lowest BCUT2D eigenvalue weighted by molar-refractivity contribution is -0.106. The van der Waals surface area contributed by atoms with Crippen molar-refractivity contribution in [3.63, 3.8) is 0 Å². The molecule has 11 heteroatoms. The molecule has 0 spiro atoms. The standard InChI is InChI=1S/C19H24FN5O3.CH3NO/c1-2-24-18(27)16(15(26)12-23-8-4-3-5-9-23)17(21)25(19(24)28)11-14-7-6-13(20)10-22-14;2-1-3/h6-7,10H,2-5,8-9,11-12,21H2,1H3;1H,(H2,2,3). The first-order valence-electron chi connectivity index (χ1n) is 9.98. The SMILES string of the molecule is CCn1c(=O)c(C(=O)CN2CCCCC2)c(N)n(Cc2ccc(F)cn2)c1=O.NC=O. The molecule has 0 unspecified atom stereocenters. The van der Waals surface area contributed by atoms with Gasteiger partial charge >= 0.3 is 5.69 Å². The highest BCUT2D eigenvalue weighted by Gasteiger charge is 2.24. The molecule has 2 aromatic heterocycles. The van der Waals surface area contributed by atoms with Crippen molar-refractivity contribution in [1.29, 1.82) is 0 Å². The Morgan fingerprint density at radius 3 is 2.39 bits per heavy atom. The Kier molecular flexibility index (Phi) is 8.62. The number of hydrogen-bond acceptors (Lipinski definition) is 7. The predicted octanol–water partition coefficient (Wildman–Crippen LogP) is -0.0354. The maximum absolute atomic E-state index is 13.1. The first kappa shape index (κ1) is 23.9. The summed E-state index contributed by atoms with van der Waals surface area (Å²) in [6.45, 7) is 3.39. The number of anilines is 1. The first-order chi connectivity index (χ1) is 14.8. The number of likely N-dealkylation sites (tertiary alicyclic amines) is 1. The van der Waals surface area contributed by atoms with E-state index in [0.29, 0.717) is 5.69 Å². The van der Waals surface area contributed by atoms with Gasteiger partial charge in [-0.25, -0.2) is 9.18 Å². The largest absolute Gasteiger partial charge is 0.384 e. The lowest BCUT2D eigenvalue weighted by atomic mass is 10.1. The van der Waals surface area contributed by atoms with Crippen LogP contribution in [0.25, 0.3) is 0 Å². The molecule has 3 rings (SSSR count). The molecule has 2 aromatic rings. The highest BCUT2D eigenvalue weighted by Crippen LogP contribution is 2.13. The van der Waals surface area contributed by atoms with E-state index in [1.54, 1.807) is 6.92 Å². The smallest absolute Gasteiger partial charge is 0.332 e. The molecule has 168 valence electrons. The summed E-state index contributed by atoms with van der Waals surface area (Å²) in [5, 5.41) is 0. The van der Waals surface area contributed by atoms with E-state index in [-0.39, 0.29) is 37.4 Å². The summed E-state index contributed by atoms with van der Waals surface area (Å²) in [5.41, 5.74) is 9.20. The third-order valence-electron chi connectivity index (χ3n) is 4.99. The fraction of sp³-hybridized carbons (Fsp3) is 0.450. The molecule has 4 N–H and O–H groups in total. The van der Waals surface area contributed by atoms with Gasteiger partial charge in [0.1, 0.15) is 17.2 Å². The van der Waals surface area contributed by atoms with Gasteiger partial charge in [-0.1, -0.05) is 6.42 Å². The Hall–Kier alpha value is -3.34. The molecule has 3 heterocycles. The van der Waals surface area contributed by atoms with Crippen LogP contribution >= 0.6 is 0 Å². The van der Waals surface area contributed by atoms with Crippen molar-refractivity contribution in [1.82, 2.24) is 19.0 Å². The van der Waals surface area contributed by atoms with Gasteiger partial charge in [0.05, 0.1) is 25.0 Å². The summed E-state index contributed by atoms with van der Waals surface area (Å²) < 4.78 is 15.2. The zero-order chi connectivity index (χ0) is 23.0. The zero-order valence-corrected chi connectivity index (χ0v) is 17.4. The minimum absolute atomic E-state index is 0.0603. The van der Waals surface area contributed by atoms with Gasteiger partial charge in [-0.15, -0.1) is 0 Å². The predicted molar refractivity (Wildman–Crippen MR) is 113 cm³/mol. The second-order valence-corrected chi connectivity index (χ2v) is 7.04. The Morgan fingerprint density at radius 1 is 1.19 bits per heavy atom. The molecular weight excluding hydrogens is 407 g/mol. The molecule has 0 bridgehead atoms. The number of nitrogens with zero attached hydrogens (tertiary/aromatic N) is 4. The van der Waals surface area contributed by atoms with Crippen molar-refractivity contribution in [2.45, 2.75) is 39.3 Å². The Bertz CT molecular complexity index is 1030. The van der Waals surface area contributed by atoms with Crippen molar-refractivity contribution in [2.24, 2.45) is 5.73 Å². The van der Waals surface area contributed by atoms with Gasteiger partial charge in [0.25, 0.3) is 5.56 Å². The molecule has 0 atom stereocenters. The molecule has 1 saturated heterocycles. The number of halogens is 1. The number of nitrogens with two attached hydrogens (primary N) is 2. The zero-order valence-electron chi connectivity index (χ0n) is 17.4. The summed E-state index contributed by atoms with van der Waals surface area (Å²) in [5.74, 6) is -1.07. The average molecular weight is 434 g/mol. The van der Waals surface area contributed by atoms with E-state index in [1.165, 1.54) is 12.1 Å². The van der Waals surface area contributed by atoms with Crippen LogP contribution in [0, 0.1) is 5.82 Å². The number of carbonyl (C=O) groups excluding carboxylic acids is 2. The minimum Gasteiger partial charge on any atom is -0.384 e. The summed E-state index contributed by atoms with van der Waals surface area (Å²) in [6, 6.07) is 2.65. The molecule has 1 aliphatic heterocycles. The number of pyridine rings is 1. The van der Waals surface area contributed by atoms with Crippen molar-refractivity contribution >= 4 is 18.0 Å². The van der Waals surface area contributed by atoms with Gasteiger partial charge in [-0.2, -0.15) is 0 Å². The Balaban J connectivity index is 0.00000107. The number of piperidine rings is 1. The number of ketones is 1. The van der Waals surface area contributed by atoms with Crippen LogP contribution in [0.2, 0.25) is 0 Å². The molecular formula is C20H27FN6O4. The number of rotatable bonds is 6. The maximum atomic E-state index is 13.1. The lowest BCUT2D eigenvalue weighted by Gasteiger charge is -2.26. The summed E-state index contributed by atoms with van der Waals surface area (Å²) >= 11 is 0. The third kappa shape index (κ3) is 5.85. The second-order valence-electron chi connectivity index (χ2n) is 7.04. The van der Waals surface area contributed by atoms with Crippen molar-refractivity contribution in [3.8, 4) is 0 Å². The molecule has 31 heavy (non-hydrogen) atoms. The molecule has 1 fully saturated rings. The normalized spacial score (nSPS) is 13.9. The van der Waals surface area contributed by atoms with Crippen LogP contribution in [0.3, 0.4) is 0 Å². The van der Waals surface area contributed by atoms with Crippen LogP contribution in [-0.2, 0) is 17.9 Å². The van der Waals surface area contributed by atoms with Crippen LogP contribution in [0.5, 0.6) is 0 Å². The summed E-state index contributed by atoms with van der Waals surface area (Å²) in [4.78, 5) is 52.8. The number of hydrogen-bond donors (Lipinski definition) is 2. The van der Waals surface area contributed by atoms with Crippen molar-refractivity contribution in [2.75, 3.05) is 25.4 Å². The Morgan fingerprint density at radius 2 is 1.84 bits per heavy atom. The number of amides is 1. The molecule has 1 amide bonds. The first-order valence-corrected chi connectivity index (χ1v) is 9.98. The molecule has 0 aliphatic carbocycles. The fourth-order valence-corrected chi connectivity index (χ4v) is 3.47. The van der Waals surface area contributed by atoms with Crippen LogP contribution in [0.1, 0.15) is 42.2 Å². The van der Waals surface area contributed by atoms with Crippen molar-refractivity contribution < 1.29 is 14.0 Å². The van der Waals surface area contributed by atoms with Gasteiger partial charge in [0, 0.05) is 6.54 Å². The maximum Gasteiger partial charge on any atom is 0.332 e. The summed E-state index contributed by atoms with van der Waals surface area (Å²) in [6.07, 6.45) is 4.44. The van der Waals surface area contributed by atoms with Gasteiger partial charge in [0.2, 0.25) is 6.41 Å². The number of nitrogen functional groups attached to an aromatic ring is 1. The molecule has 0 aromatic carbocycles. The number of Topliss-reactive ketones (excluding diaryl/α,β-unsaturated/α-hetero) is 1. The lowest BCUT2D eigenvalue weighted by Crippen LogP contribution is -2.45. The van der Waals surface area contributed by atoms with Crippen LogP contribution in [0.15, 0.2) is 27.9 Å². The molecule has 0 saturated carbocycles. The van der Waals surface area contributed by atoms with Crippen molar-refractivity contribution in [3.05, 3.63) is 56.2 Å². The summed E-state index contributed by atoms with van der Waals surface area (Å²) in [7, 11) is 0. The van der Waals surface area contributed by atoms with E-state index in [0.717, 1.165) is 47.7 Å². The van der Waals surface area contributed by atoms with Gasteiger partial charge in [0.15, 0.2) is 5.78 Å². The second kappa shape index (κ2) is 11.2. The topological polar surface area (TPSA) is 146 Å². The monoisotopic (exact) mass is 434 g/mol. The molecule has 10 nitrogen and oxygen atoms in total. The number of primary amides is 1. The van der Waals surface area contributed by atoms with E-state index in [1.807, 2.05) is 4.90 Å². The van der Waals surface area contributed by atoms with Crippen LogP contribution in [-0.4, -0.2) is 50.8 Å². The van der Waals surface area contributed by atoms with Crippen LogP contribution < -0.4 is 22.7 Å². The average Bonchev–Trinajstić information content (AvgIpc) is 2.74. The highest BCUT2D eigenvalue weighted by molar-refractivity contribution is 6.01. The minimum atomic E-state index is -0.671. The van der Waals surface area contributed by atoms with E-state index < -0.39 is 22.8 Å². The molecule has 0 radical (unpaired) electrons. The van der Waals surface area contributed by atoms with E-state index in [4.69, 9.17) is 10.5 Å². The van der Waals surface area contributed by atoms with Gasteiger partial charge in [-0.3, -0.25) is 33.4 Å². The highest BCUT2D eigenvalue weighted by atomic mass is 19.1. The van der Waals surface area contributed by atoms with E-state index in [2.05, 4.69) is 10.7 Å². The van der Waals surface area contributed by atoms with Crippen LogP contribution in [0.4, 0.5) is 10.2 Å². The quantitative estimate of drug-likeness (QED) is 0.479. The van der Waals surface area contributed by atoms with E-state index in [9.17, 15) is 18.8 Å². The molecule has 1 aliphatic rings. The van der Waals surface area contributed by atoms with E-state index >= 15 is 0 Å². The number of carbonyl (C=O) groups is 2. The fourth-order valence-electron chi connectivity index (χ4n) is 3.47. The third-order valence-corrected chi connectivity index (χ3v) is 4.99. The number of aromatic nitrogens is 3. The van der Waals surface area contributed by atoms with Gasteiger partial charge < -0.3 is 11.5 Å².